The number of carbonyl (C=O) groups excluding carboxylic acids is 1. The number of para-hydroxylation sites is 1. The average Bonchev–Trinajstić information content (AvgIpc) is 2.61. The Morgan fingerprint density at radius 3 is 2.54 bits per heavy atom. The second-order valence-corrected chi connectivity index (χ2v) is 6.04. The van der Waals surface area contributed by atoms with Gasteiger partial charge in [-0.3, -0.25) is 4.79 Å². The summed E-state index contributed by atoms with van der Waals surface area (Å²) < 4.78 is 18.8. The number of rotatable bonds is 5. The largest absolute Gasteiger partial charge is 0.484 e. The molecule has 0 radical (unpaired) electrons. The first-order chi connectivity index (χ1) is 11.7. The molecule has 0 aromatic heterocycles. The van der Waals surface area contributed by atoms with Crippen molar-refractivity contribution in [2.24, 2.45) is 0 Å². The smallest absolute Gasteiger partial charge is 0.260 e. The number of nitrogens with one attached hydrogen (secondary N) is 1. The predicted octanol–water partition coefficient (Wildman–Crippen LogP) is 1.13. The van der Waals surface area contributed by atoms with Crippen LogP contribution in [0.2, 0.25) is 0 Å². The Bertz CT molecular complexity index is 670. The maximum Gasteiger partial charge on any atom is 0.260 e. The van der Waals surface area contributed by atoms with Crippen molar-refractivity contribution in [1.29, 1.82) is 0 Å². The molecule has 126 valence electrons. The van der Waals surface area contributed by atoms with Gasteiger partial charge in [0.1, 0.15) is 18.1 Å². The minimum absolute atomic E-state index is 0.0173. The molecule has 0 spiro atoms. The summed E-state index contributed by atoms with van der Waals surface area (Å²) in [6.07, 6.45) is 0. The highest BCUT2D eigenvalue weighted by atomic mass is 19.1. The van der Waals surface area contributed by atoms with Gasteiger partial charge in [0.15, 0.2) is 6.61 Å². The maximum absolute atomic E-state index is 13.2. The van der Waals surface area contributed by atoms with E-state index in [2.05, 4.69) is 0 Å². The quantitative estimate of drug-likeness (QED) is 0.892. The van der Waals surface area contributed by atoms with Crippen molar-refractivity contribution in [3.05, 3.63) is 66.0 Å². The number of piperazine rings is 1. The van der Waals surface area contributed by atoms with Gasteiger partial charge in [-0.1, -0.05) is 30.3 Å². The number of halogens is 1. The number of carbonyl (C=O) groups is 1. The number of ether oxygens (including phenoxy) is 1. The third-order valence-corrected chi connectivity index (χ3v) is 4.27. The zero-order chi connectivity index (χ0) is 16.8. The van der Waals surface area contributed by atoms with Gasteiger partial charge in [-0.25, -0.2) is 4.39 Å². The second kappa shape index (κ2) is 7.93. The summed E-state index contributed by atoms with van der Waals surface area (Å²) in [5.41, 5.74) is 0.997. The third-order valence-electron chi connectivity index (χ3n) is 4.27. The predicted molar refractivity (Wildman–Crippen MR) is 89.3 cm³/mol. The lowest BCUT2D eigenvalue weighted by atomic mass is 10.2. The summed E-state index contributed by atoms with van der Waals surface area (Å²) in [6, 6.07) is 16.1. The number of hydrogen-bond donors (Lipinski definition) is 1. The SMILES string of the molecule is O=C(COc1ccccc1)N1CC[NH+](Cc2cccc(F)c2)CC1. The Balaban J connectivity index is 1.43. The summed E-state index contributed by atoms with van der Waals surface area (Å²) in [5.74, 6) is 0.531. The molecule has 4 nitrogen and oxygen atoms in total. The van der Waals surface area contributed by atoms with Crippen LogP contribution in [0.15, 0.2) is 54.6 Å². The Morgan fingerprint density at radius 1 is 1.08 bits per heavy atom. The molecule has 0 saturated carbocycles. The van der Waals surface area contributed by atoms with Crippen LogP contribution in [-0.4, -0.2) is 43.6 Å². The van der Waals surface area contributed by atoms with Gasteiger partial charge in [-0.05, 0) is 24.3 Å². The lowest BCUT2D eigenvalue weighted by Crippen LogP contribution is -3.13. The van der Waals surface area contributed by atoms with Gasteiger partial charge in [0.05, 0.1) is 26.2 Å². The van der Waals surface area contributed by atoms with E-state index >= 15 is 0 Å². The summed E-state index contributed by atoms with van der Waals surface area (Å²) in [6.45, 7) is 4.02. The molecule has 0 unspecified atom stereocenters. The molecular weight excluding hydrogens is 307 g/mol. The first-order valence-corrected chi connectivity index (χ1v) is 8.24. The van der Waals surface area contributed by atoms with Gasteiger partial charge < -0.3 is 14.5 Å². The van der Waals surface area contributed by atoms with Crippen LogP contribution in [0, 0.1) is 5.82 Å². The van der Waals surface area contributed by atoms with Gasteiger partial charge in [0.25, 0.3) is 5.91 Å². The van der Waals surface area contributed by atoms with Crippen molar-refractivity contribution in [3.8, 4) is 5.75 Å². The van der Waals surface area contributed by atoms with E-state index in [1.54, 1.807) is 12.1 Å². The van der Waals surface area contributed by atoms with Crippen LogP contribution < -0.4 is 9.64 Å². The molecule has 5 heteroatoms. The molecule has 2 aromatic rings. The van der Waals surface area contributed by atoms with Crippen molar-refractivity contribution in [2.75, 3.05) is 32.8 Å². The van der Waals surface area contributed by atoms with Gasteiger partial charge in [-0.2, -0.15) is 0 Å². The van der Waals surface area contributed by atoms with Crippen LogP contribution in [0.25, 0.3) is 0 Å². The Labute approximate surface area is 141 Å². The van der Waals surface area contributed by atoms with Gasteiger partial charge >= 0.3 is 0 Å². The van der Waals surface area contributed by atoms with Crippen LogP contribution in [-0.2, 0) is 11.3 Å². The Hall–Kier alpha value is -2.40. The first-order valence-electron chi connectivity index (χ1n) is 8.24. The molecule has 1 aliphatic rings. The summed E-state index contributed by atoms with van der Waals surface area (Å²) in [4.78, 5) is 15.4. The molecule has 1 fully saturated rings. The topological polar surface area (TPSA) is 34.0 Å². The fourth-order valence-corrected chi connectivity index (χ4v) is 2.94. The van der Waals surface area contributed by atoms with Crippen molar-refractivity contribution in [2.45, 2.75) is 6.54 Å². The highest BCUT2D eigenvalue weighted by Gasteiger charge is 2.24. The lowest BCUT2D eigenvalue weighted by molar-refractivity contribution is -0.917. The third kappa shape index (κ3) is 4.55. The zero-order valence-electron chi connectivity index (χ0n) is 13.6. The van der Waals surface area contributed by atoms with Crippen LogP contribution in [0.3, 0.4) is 0 Å². The van der Waals surface area contributed by atoms with Crippen LogP contribution in [0.5, 0.6) is 5.75 Å². The number of quaternary nitrogens is 1. The zero-order valence-corrected chi connectivity index (χ0v) is 13.6. The maximum atomic E-state index is 13.2. The molecule has 0 bridgehead atoms. The molecule has 1 aliphatic heterocycles. The fraction of sp³-hybridized carbons (Fsp3) is 0.316. The number of nitrogens with zero attached hydrogens (tertiary/aromatic N) is 1. The van der Waals surface area contributed by atoms with E-state index in [0.29, 0.717) is 18.8 Å². The standard InChI is InChI=1S/C19H21FN2O2/c20-17-6-4-5-16(13-17)14-21-9-11-22(12-10-21)19(23)15-24-18-7-2-1-3-8-18/h1-8,13H,9-12,14-15H2/p+1. The average molecular weight is 329 g/mol. The van der Waals surface area contributed by atoms with Crippen LogP contribution in [0.1, 0.15) is 5.56 Å². The van der Waals surface area contributed by atoms with Crippen molar-refractivity contribution >= 4 is 5.91 Å². The molecule has 1 N–H and O–H groups in total. The van der Waals surface area contributed by atoms with Gasteiger partial charge in [0, 0.05) is 5.56 Å². The molecule has 1 saturated heterocycles. The van der Waals surface area contributed by atoms with E-state index in [1.807, 2.05) is 41.3 Å². The highest BCUT2D eigenvalue weighted by molar-refractivity contribution is 5.77. The molecule has 24 heavy (non-hydrogen) atoms. The summed E-state index contributed by atoms with van der Waals surface area (Å²) in [5, 5.41) is 0. The number of amides is 1. The normalized spacial score (nSPS) is 15.3. The van der Waals surface area contributed by atoms with E-state index in [9.17, 15) is 9.18 Å². The van der Waals surface area contributed by atoms with E-state index in [1.165, 1.54) is 11.0 Å². The number of benzene rings is 2. The molecule has 1 heterocycles. The van der Waals surface area contributed by atoms with Crippen molar-refractivity contribution in [1.82, 2.24) is 4.90 Å². The van der Waals surface area contributed by atoms with E-state index in [-0.39, 0.29) is 18.3 Å². The van der Waals surface area contributed by atoms with Crippen molar-refractivity contribution < 1.29 is 18.8 Å². The molecule has 3 rings (SSSR count). The molecule has 1 amide bonds. The fourth-order valence-electron chi connectivity index (χ4n) is 2.94. The minimum atomic E-state index is -0.196. The van der Waals surface area contributed by atoms with Crippen molar-refractivity contribution in [3.63, 3.8) is 0 Å². The highest BCUT2D eigenvalue weighted by Crippen LogP contribution is 2.08. The van der Waals surface area contributed by atoms with Crippen LogP contribution in [0.4, 0.5) is 4.39 Å². The van der Waals surface area contributed by atoms with E-state index < -0.39 is 0 Å². The van der Waals surface area contributed by atoms with Gasteiger partial charge in [-0.15, -0.1) is 0 Å². The van der Waals surface area contributed by atoms with Gasteiger partial charge in [0.2, 0.25) is 0 Å². The van der Waals surface area contributed by atoms with E-state index in [0.717, 1.165) is 25.2 Å². The minimum Gasteiger partial charge on any atom is -0.484 e. The van der Waals surface area contributed by atoms with Crippen LogP contribution >= 0.6 is 0 Å². The molecule has 2 aromatic carbocycles. The molecular formula is C19H22FN2O2+. The lowest BCUT2D eigenvalue weighted by Gasteiger charge is -2.32. The Morgan fingerprint density at radius 2 is 1.83 bits per heavy atom. The summed E-state index contributed by atoms with van der Waals surface area (Å²) in [7, 11) is 0. The second-order valence-electron chi connectivity index (χ2n) is 6.04. The number of hydrogen-bond acceptors (Lipinski definition) is 2. The Kier molecular flexibility index (Phi) is 5.43. The first kappa shape index (κ1) is 16.5. The summed E-state index contributed by atoms with van der Waals surface area (Å²) >= 11 is 0. The monoisotopic (exact) mass is 329 g/mol. The van der Waals surface area contributed by atoms with E-state index in [4.69, 9.17) is 4.74 Å². The molecule has 0 aliphatic carbocycles. The molecule has 0 atom stereocenters.